The second-order valence-electron chi connectivity index (χ2n) is 4.77. The maximum Gasteiger partial charge on any atom is 0.271 e. The molecule has 0 aliphatic carbocycles. The van der Waals surface area contributed by atoms with Gasteiger partial charge in [-0.25, -0.2) is 5.43 Å². The molecular formula is C16H15BrN2O3. The van der Waals surface area contributed by atoms with Crippen LogP contribution in [-0.4, -0.2) is 21.8 Å². The largest absolute Gasteiger partial charge is 0.507 e. The van der Waals surface area contributed by atoms with Crippen LogP contribution in [0.3, 0.4) is 0 Å². The first-order valence-corrected chi connectivity index (χ1v) is 7.31. The average molecular weight is 363 g/mol. The van der Waals surface area contributed by atoms with Crippen LogP contribution >= 0.6 is 15.9 Å². The zero-order valence-electron chi connectivity index (χ0n) is 12.1. The lowest BCUT2D eigenvalue weighted by molar-refractivity contribution is 0.0954. The van der Waals surface area contributed by atoms with Gasteiger partial charge in [-0.2, -0.15) is 5.10 Å². The highest BCUT2D eigenvalue weighted by Gasteiger charge is 2.11. The van der Waals surface area contributed by atoms with Gasteiger partial charge in [0.05, 0.1) is 10.2 Å². The van der Waals surface area contributed by atoms with Gasteiger partial charge in [0.25, 0.3) is 5.91 Å². The van der Waals surface area contributed by atoms with E-state index < -0.39 is 0 Å². The molecule has 0 saturated carbocycles. The van der Waals surface area contributed by atoms with Crippen molar-refractivity contribution in [2.24, 2.45) is 5.10 Å². The summed E-state index contributed by atoms with van der Waals surface area (Å²) in [4.78, 5) is 12.1. The number of carbonyl (C=O) groups is 1. The van der Waals surface area contributed by atoms with E-state index in [0.29, 0.717) is 21.3 Å². The van der Waals surface area contributed by atoms with Crippen molar-refractivity contribution in [2.45, 2.75) is 13.8 Å². The first-order valence-electron chi connectivity index (χ1n) is 6.52. The van der Waals surface area contributed by atoms with Gasteiger partial charge in [-0.3, -0.25) is 4.79 Å². The summed E-state index contributed by atoms with van der Waals surface area (Å²) < 4.78 is 0.431. The quantitative estimate of drug-likeness (QED) is 0.578. The third-order valence-corrected chi connectivity index (χ3v) is 3.80. The highest BCUT2D eigenvalue weighted by Crippen LogP contribution is 2.31. The van der Waals surface area contributed by atoms with Crippen molar-refractivity contribution < 1.29 is 15.0 Å². The first kappa shape index (κ1) is 16.0. The highest BCUT2D eigenvalue weighted by molar-refractivity contribution is 9.10. The number of benzene rings is 2. The molecule has 0 aliphatic heterocycles. The smallest absolute Gasteiger partial charge is 0.271 e. The van der Waals surface area contributed by atoms with Crippen LogP contribution in [0.1, 0.15) is 28.4 Å². The number of amides is 1. The lowest BCUT2D eigenvalue weighted by atomic mass is 10.1. The number of aryl methyl sites for hydroxylation is 1. The highest BCUT2D eigenvalue weighted by atomic mass is 79.9. The Hall–Kier alpha value is -2.34. The second kappa shape index (κ2) is 6.62. The Morgan fingerprint density at radius 2 is 1.82 bits per heavy atom. The van der Waals surface area contributed by atoms with Crippen LogP contribution in [0.5, 0.6) is 11.5 Å². The molecule has 2 aromatic rings. The lowest BCUT2D eigenvalue weighted by Crippen LogP contribution is -2.20. The SMILES string of the molecule is C/C(=N/NC(=O)c1ccccc1C)c1cc(Br)c(O)cc1O. The minimum atomic E-state index is -0.324. The van der Waals surface area contributed by atoms with E-state index in [0.717, 1.165) is 5.56 Å². The minimum Gasteiger partial charge on any atom is -0.507 e. The number of phenols is 2. The van der Waals surface area contributed by atoms with Crippen molar-refractivity contribution in [3.05, 3.63) is 57.6 Å². The minimum absolute atomic E-state index is 0.0713. The number of halogens is 1. The standard InChI is InChI=1S/C16H15BrN2O3/c1-9-5-3-4-6-11(9)16(22)19-18-10(2)12-7-13(17)15(21)8-14(12)20/h3-8,20-21H,1-2H3,(H,19,22)/b18-10-. The molecule has 1 amide bonds. The molecule has 0 aliphatic rings. The topological polar surface area (TPSA) is 81.9 Å². The van der Waals surface area contributed by atoms with Crippen LogP contribution in [0.15, 0.2) is 46.0 Å². The fourth-order valence-corrected chi connectivity index (χ4v) is 2.27. The second-order valence-corrected chi connectivity index (χ2v) is 5.63. The van der Waals surface area contributed by atoms with Gasteiger partial charge in [0.2, 0.25) is 0 Å². The van der Waals surface area contributed by atoms with Crippen molar-refractivity contribution in [2.75, 3.05) is 0 Å². The number of hydrogen-bond donors (Lipinski definition) is 3. The summed E-state index contributed by atoms with van der Waals surface area (Å²) in [6.07, 6.45) is 0. The molecule has 114 valence electrons. The number of carbonyl (C=O) groups excluding carboxylic acids is 1. The van der Waals surface area contributed by atoms with Crippen LogP contribution < -0.4 is 5.43 Å². The van der Waals surface area contributed by atoms with Crippen molar-refractivity contribution in [1.29, 1.82) is 0 Å². The number of aromatic hydroxyl groups is 2. The van der Waals surface area contributed by atoms with Crippen molar-refractivity contribution in [3.8, 4) is 11.5 Å². The zero-order valence-corrected chi connectivity index (χ0v) is 13.7. The molecule has 3 N–H and O–H groups in total. The molecule has 2 aromatic carbocycles. The van der Waals surface area contributed by atoms with Crippen LogP contribution in [-0.2, 0) is 0 Å². The fourth-order valence-electron chi connectivity index (χ4n) is 1.92. The first-order chi connectivity index (χ1) is 10.4. The fraction of sp³-hybridized carbons (Fsp3) is 0.125. The molecule has 0 radical (unpaired) electrons. The van der Waals surface area contributed by atoms with Gasteiger partial charge in [-0.1, -0.05) is 18.2 Å². The van der Waals surface area contributed by atoms with E-state index in [1.807, 2.05) is 19.1 Å². The Bertz CT molecular complexity index is 757. The molecule has 0 heterocycles. The maximum absolute atomic E-state index is 12.1. The maximum atomic E-state index is 12.1. The summed E-state index contributed by atoms with van der Waals surface area (Å²) in [7, 11) is 0. The summed E-state index contributed by atoms with van der Waals surface area (Å²) >= 11 is 3.17. The van der Waals surface area contributed by atoms with E-state index in [1.54, 1.807) is 19.1 Å². The predicted octanol–water partition coefficient (Wildman–Crippen LogP) is 3.32. The molecule has 22 heavy (non-hydrogen) atoms. The van der Waals surface area contributed by atoms with Crippen molar-refractivity contribution in [1.82, 2.24) is 5.43 Å². The van der Waals surface area contributed by atoms with Crippen LogP contribution in [0.2, 0.25) is 0 Å². The van der Waals surface area contributed by atoms with E-state index in [-0.39, 0.29) is 17.4 Å². The molecule has 0 aromatic heterocycles. The van der Waals surface area contributed by atoms with E-state index in [2.05, 4.69) is 26.5 Å². The van der Waals surface area contributed by atoms with Gasteiger partial charge >= 0.3 is 0 Å². The Morgan fingerprint density at radius 3 is 2.50 bits per heavy atom. The Balaban J connectivity index is 2.22. The summed E-state index contributed by atoms with van der Waals surface area (Å²) in [5.74, 6) is -0.514. The lowest BCUT2D eigenvalue weighted by Gasteiger charge is -2.08. The van der Waals surface area contributed by atoms with Gasteiger partial charge in [0, 0.05) is 17.2 Å². The molecule has 0 atom stereocenters. The number of phenolic OH excluding ortho intramolecular Hbond substituents is 2. The van der Waals surface area contributed by atoms with Gasteiger partial charge in [0.15, 0.2) is 0 Å². The zero-order chi connectivity index (χ0) is 16.3. The van der Waals surface area contributed by atoms with E-state index in [9.17, 15) is 15.0 Å². The van der Waals surface area contributed by atoms with Crippen molar-refractivity contribution >= 4 is 27.5 Å². The number of hydrogen-bond acceptors (Lipinski definition) is 4. The number of nitrogens with one attached hydrogen (secondary N) is 1. The normalized spacial score (nSPS) is 11.3. The summed E-state index contributed by atoms with van der Waals surface area (Å²) in [6.45, 7) is 3.49. The van der Waals surface area contributed by atoms with E-state index in [4.69, 9.17) is 0 Å². The Kier molecular flexibility index (Phi) is 4.82. The third kappa shape index (κ3) is 3.46. The number of rotatable bonds is 3. The monoisotopic (exact) mass is 362 g/mol. The Labute approximate surface area is 136 Å². The van der Waals surface area contributed by atoms with E-state index >= 15 is 0 Å². The molecule has 0 spiro atoms. The molecule has 2 rings (SSSR count). The number of hydrazone groups is 1. The molecule has 0 bridgehead atoms. The predicted molar refractivity (Wildman–Crippen MR) is 88.3 cm³/mol. The molecular weight excluding hydrogens is 348 g/mol. The summed E-state index contributed by atoms with van der Waals surface area (Å²) in [5.41, 5.74) is 4.68. The van der Waals surface area contributed by atoms with Gasteiger partial charge in [-0.15, -0.1) is 0 Å². The third-order valence-electron chi connectivity index (χ3n) is 3.17. The molecule has 0 unspecified atom stereocenters. The van der Waals surface area contributed by atoms with E-state index in [1.165, 1.54) is 12.1 Å². The van der Waals surface area contributed by atoms with Crippen LogP contribution in [0.4, 0.5) is 0 Å². The van der Waals surface area contributed by atoms with Crippen molar-refractivity contribution in [3.63, 3.8) is 0 Å². The van der Waals surface area contributed by atoms with Crippen LogP contribution in [0.25, 0.3) is 0 Å². The van der Waals surface area contributed by atoms with Crippen LogP contribution in [0, 0.1) is 6.92 Å². The Morgan fingerprint density at radius 1 is 1.14 bits per heavy atom. The molecule has 0 fully saturated rings. The molecule has 6 heteroatoms. The summed E-state index contributed by atoms with van der Waals surface area (Å²) in [5, 5.41) is 23.3. The summed E-state index contributed by atoms with van der Waals surface area (Å²) in [6, 6.07) is 9.93. The van der Waals surface area contributed by atoms with Gasteiger partial charge in [0.1, 0.15) is 11.5 Å². The average Bonchev–Trinajstić information content (AvgIpc) is 2.48. The number of nitrogens with zero attached hydrogens (tertiary/aromatic N) is 1. The molecule has 0 saturated heterocycles. The molecule has 5 nitrogen and oxygen atoms in total. The van der Waals surface area contributed by atoms with Gasteiger partial charge in [-0.05, 0) is 47.5 Å². The van der Waals surface area contributed by atoms with Gasteiger partial charge < -0.3 is 10.2 Å².